The predicted molar refractivity (Wildman–Crippen MR) is 123 cm³/mol. The van der Waals surface area contributed by atoms with Gasteiger partial charge in [0.1, 0.15) is 11.6 Å². The van der Waals surface area contributed by atoms with Gasteiger partial charge in [0.05, 0.1) is 6.04 Å². The van der Waals surface area contributed by atoms with Gasteiger partial charge in [0.25, 0.3) is 0 Å². The Morgan fingerprint density at radius 2 is 1.59 bits per heavy atom. The number of carbonyl (C=O) groups excluding carboxylic acids is 1. The van der Waals surface area contributed by atoms with Crippen molar-refractivity contribution in [3.8, 4) is 0 Å². The second-order valence-electron chi connectivity index (χ2n) is 8.72. The molecule has 7 heteroatoms. The van der Waals surface area contributed by atoms with Crippen molar-refractivity contribution < 1.29 is 13.6 Å². The number of hydrogen-bond donors (Lipinski definition) is 0. The summed E-state index contributed by atoms with van der Waals surface area (Å²) < 4.78 is 27.2. The second kappa shape index (κ2) is 10.4. The van der Waals surface area contributed by atoms with Crippen molar-refractivity contribution in [3.05, 3.63) is 65.7 Å². The van der Waals surface area contributed by atoms with E-state index in [1.807, 2.05) is 36.1 Å². The molecule has 2 aromatic rings. The number of anilines is 1. The first kappa shape index (κ1) is 22.7. The number of rotatable bonds is 5. The van der Waals surface area contributed by atoms with Gasteiger partial charge in [-0.3, -0.25) is 14.6 Å². The van der Waals surface area contributed by atoms with Crippen LogP contribution in [0.2, 0.25) is 0 Å². The van der Waals surface area contributed by atoms with Crippen molar-refractivity contribution in [2.75, 3.05) is 57.3 Å². The minimum atomic E-state index is -0.225. The van der Waals surface area contributed by atoms with Gasteiger partial charge >= 0.3 is 0 Å². The number of nitrogens with zero attached hydrogens (tertiary/aromatic N) is 4. The summed E-state index contributed by atoms with van der Waals surface area (Å²) in [6.07, 6.45) is 0.894. The van der Waals surface area contributed by atoms with Crippen LogP contribution in [0.5, 0.6) is 0 Å². The molecule has 4 rings (SSSR count). The van der Waals surface area contributed by atoms with Crippen LogP contribution < -0.4 is 4.90 Å². The Morgan fingerprint density at radius 1 is 0.875 bits per heavy atom. The minimum Gasteiger partial charge on any atom is -0.369 e. The molecule has 1 amide bonds. The molecule has 2 aliphatic rings. The standard InChI is InChI=1S/C25H32F2N4O/c1-20(29-15-17-30(18-16-29)23-9-7-22(26)8-10-23)25(32)31-12-4-11-28(13-14-31)19-21-5-2-3-6-24(21)27/h2-3,5-10,20H,4,11-19H2,1H3. The van der Waals surface area contributed by atoms with Gasteiger partial charge < -0.3 is 9.80 Å². The molecule has 2 aromatic carbocycles. The molecule has 0 bridgehead atoms. The van der Waals surface area contributed by atoms with Crippen LogP contribution in [-0.4, -0.2) is 79.0 Å². The molecular formula is C25H32F2N4O. The molecule has 0 N–H and O–H groups in total. The lowest BCUT2D eigenvalue weighted by atomic mass is 10.1. The lowest BCUT2D eigenvalue weighted by molar-refractivity contribution is -0.136. The van der Waals surface area contributed by atoms with Gasteiger partial charge in [0, 0.05) is 70.2 Å². The average Bonchev–Trinajstić information content (AvgIpc) is 3.06. The molecule has 0 spiro atoms. The molecule has 2 fully saturated rings. The number of piperazine rings is 1. The summed E-state index contributed by atoms with van der Waals surface area (Å²) in [4.78, 5) is 21.9. The van der Waals surface area contributed by atoms with E-state index in [0.29, 0.717) is 18.7 Å². The van der Waals surface area contributed by atoms with E-state index in [-0.39, 0.29) is 23.6 Å². The van der Waals surface area contributed by atoms with Gasteiger partial charge in [-0.05, 0) is 43.7 Å². The van der Waals surface area contributed by atoms with E-state index in [2.05, 4.69) is 14.7 Å². The zero-order valence-corrected chi connectivity index (χ0v) is 18.7. The average molecular weight is 443 g/mol. The summed E-state index contributed by atoms with van der Waals surface area (Å²) in [7, 11) is 0. The number of halogens is 2. The number of carbonyl (C=O) groups is 1. The highest BCUT2D eigenvalue weighted by Gasteiger charge is 2.30. The minimum absolute atomic E-state index is 0.163. The summed E-state index contributed by atoms with van der Waals surface area (Å²) in [6, 6.07) is 13.3. The smallest absolute Gasteiger partial charge is 0.239 e. The fourth-order valence-corrected chi connectivity index (χ4v) is 4.66. The van der Waals surface area contributed by atoms with Crippen LogP contribution in [0.15, 0.2) is 48.5 Å². The molecule has 0 aromatic heterocycles. The third-order valence-corrected chi connectivity index (χ3v) is 6.66. The zero-order valence-electron chi connectivity index (χ0n) is 18.7. The zero-order chi connectivity index (χ0) is 22.5. The molecule has 1 unspecified atom stereocenters. The van der Waals surface area contributed by atoms with E-state index in [1.54, 1.807) is 6.07 Å². The first-order valence-electron chi connectivity index (χ1n) is 11.5. The molecule has 0 aliphatic carbocycles. The van der Waals surface area contributed by atoms with Crippen LogP contribution >= 0.6 is 0 Å². The SMILES string of the molecule is CC(C(=O)N1CCCN(Cc2ccccc2F)CC1)N1CCN(c2ccc(F)cc2)CC1. The van der Waals surface area contributed by atoms with Crippen molar-refractivity contribution in [3.63, 3.8) is 0 Å². The van der Waals surface area contributed by atoms with Crippen LogP contribution in [0.3, 0.4) is 0 Å². The summed E-state index contributed by atoms with van der Waals surface area (Å²) in [5.41, 5.74) is 1.73. The monoisotopic (exact) mass is 442 g/mol. The highest BCUT2D eigenvalue weighted by molar-refractivity contribution is 5.81. The Morgan fingerprint density at radius 3 is 2.31 bits per heavy atom. The van der Waals surface area contributed by atoms with Gasteiger partial charge in [-0.1, -0.05) is 18.2 Å². The second-order valence-corrected chi connectivity index (χ2v) is 8.72. The van der Waals surface area contributed by atoms with E-state index in [9.17, 15) is 13.6 Å². The van der Waals surface area contributed by atoms with E-state index >= 15 is 0 Å². The molecule has 32 heavy (non-hydrogen) atoms. The van der Waals surface area contributed by atoms with Crippen molar-refractivity contribution in [2.45, 2.75) is 25.9 Å². The normalized spacial score (nSPS) is 19.6. The lowest BCUT2D eigenvalue weighted by Gasteiger charge is -2.39. The predicted octanol–water partition coefficient (Wildman–Crippen LogP) is 3.21. The van der Waals surface area contributed by atoms with E-state index in [1.165, 1.54) is 18.2 Å². The summed E-state index contributed by atoms with van der Waals surface area (Å²) in [5, 5.41) is 0. The highest BCUT2D eigenvalue weighted by atomic mass is 19.1. The summed E-state index contributed by atoms with van der Waals surface area (Å²) in [6.45, 7) is 8.86. The molecule has 5 nitrogen and oxygen atoms in total. The van der Waals surface area contributed by atoms with Crippen LogP contribution in [0.1, 0.15) is 18.9 Å². The van der Waals surface area contributed by atoms with Crippen LogP contribution in [0.4, 0.5) is 14.5 Å². The number of amides is 1. The maximum atomic E-state index is 14.0. The Balaban J connectivity index is 1.27. The Hall–Kier alpha value is -2.51. The molecule has 2 saturated heterocycles. The molecular weight excluding hydrogens is 410 g/mol. The van der Waals surface area contributed by atoms with E-state index in [0.717, 1.165) is 57.9 Å². The maximum absolute atomic E-state index is 14.0. The highest BCUT2D eigenvalue weighted by Crippen LogP contribution is 2.19. The number of benzene rings is 2. The Labute approximate surface area is 189 Å². The largest absolute Gasteiger partial charge is 0.369 e. The number of hydrogen-bond acceptors (Lipinski definition) is 4. The molecule has 2 aliphatic heterocycles. The van der Waals surface area contributed by atoms with E-state index in [4.69, 9.17) is 0 Å². The van der Waals surface area contributed by atoms with Crippen molar-refractivity contribution in [1.29, 1.82) is 0 Å². The molecule has 0 radical (unpaired) electrons. The van der Waals surface area contributed by atoms with Gasteiger partial charge in [-0.25, -0.2) is 8.78 Å². The quantitative estimate of drug-likeness (QED) is 0.712. The molecule has 2 heterocycles. The molecule has 0 saturated carbocycles. The van der Waals surface area contributed by atoms with Gasteiger partial charge in [0.2, 0.25) is 5.91 Å². The first-order chi connectivity index (χ1) is 15.5. The third kappa shape index (κ3) is 5.45. The summed E-state index contributed by atoms with van der Waals surface area (Å²) in [5.74, 6) is -0.220. The first-order valence-corrected chi connectivity index (χ1v) is 11.5. The maximum Gasteiger partial charge on any atom is 0.239 e. The van der Waals surface area contributed by atoms with Crippen molar-refractivity contribution >= 4 is 11.6 Å². The van der Waals surface area contributed by atoms with Gasteiger partial charge in [0.15, 0.2) is 0 Å². The summed E-state index contributed by atoms with van der Waals surface area (Å²) >= 11 is 0. The van der Waals surface area contributed by atoms with E-state index < -0.39 is 0 Å². The van der Waals surface area contributed by atoms with Crippen molar-refractivity contribution in [1.82, 2.24) is 14.7 Å². The Kier molecular flexibility index (Phi) is 7.37. The fraction of sp³-hybridized carbons (Fsp3) is 0.480. The fourth-order valence-electron chi connectivity index (χ4n) is 4.66. The lowest BCUT2D eigenvalue weighted by Crippen LogP contribution is -2.55. The van der Waals surface area contributed by atoms with Crippen LogP contribution in [0.25, 0.3) is 0 Å². The van der Waals surface area contributed by atoms with Crippen LogP contribution in [-0.2, 0) is 11.3 Å². The molecule has 1 atom stereocenters. The Bertz CT molecular complexity index is 899. The van der Waals surface area contributed by atoms with Crippen LogP contribution in [0, 0.1) is 11.6 Å². The van der Waals surface area contributed by atoms with Crippen molar-refractivity contribution in [2.24, 2.45) is 0 Å². The third-order valence-electron chi connectivity index (χ3n) is 6.66. The topological polar surface area (TPSA) is 30.0 Å². The molecule has 172 valence electrons. The van der Waals surface area contributed by atoms with Gasteiger partial charge in [-0.2, -0.15) is 0 Å². The van der Waals surface area contributed by atoms with Gasteiger partial charge in [-0.15, -0.1) is 0 Å².